The summed E-state index contributed by atoms with van der Waals surface area (Å²) < 4.78 is 70.7. The minimum absolute atomic E-state index is 0.0364. The molecule has 124 valence electrons. The van der Waals surface area contributed by atoms with E-state index < -0.39 is 32.7 Å². The van der Waals surface area contributed by atoms with E-state index in [9.17, 15) is 21.6 Å². The SMILES string of the molecule is CC(N)c1ccc(S(=O)(=O)N2CCOCC2)c(C(F)(F)F)c1. The topological polar surface area (TPSA) is 72.6 Å². The Kier molecular flexibility index (Phi) is 4.81. The van der Waals surface area contributed by atoms with E-state index in [0.29, 0.717) is 0 Å². The molecule has 0 bridgehead atoms. The zero-order chi connectivity index (χ0) is 16.5. The van der Waals surface area contributed by atoms with Gasteiger partial charge < -0.3 is 10.5 Å². The van der Waals surface area contributed by atoms with E-state index in [-0.39, 0.29) is 31.9 Å². The molecule has 1 atom stereocenters. The number of rotatable bonds is 3. The molecule has 9 heteroatoms. The maximum Gasteiger partial charge on any atom is 0.417 e. The smallest absolute Gasteiger partial charge is 0.379 e. The van der Waals surface area contributed by atoms with Gasteiger partial charge in [0.1, 0.15) is 0 Å². The summed E-state index contributed by atoms with van der Waals surface area (Å²) in [6.45, 7) is 1.94. The van der Waals surface area contributed by atoms with Gasteiger partial charge in [-0.1, -0.05) is 6.07 Å². The lowest BCUT2D eigenvalue weighted by molar-refractivity contribution is -0.140. The maximum absolute atomic E-state index is 13.2. The molecule has 2 N–H and O–H groups in total. The minimum atomic E-state index is -4.78. The van der Waals surface area contributed by atoms with Gasteiger partial charge in [-0.25, -0.2) is 8.42 Å². The Morgan fingerprint density at radius 1 is 1.27 bits per heavy atom. The van der Waals surface area contributed by atoms with Gasteiger partial charge in [0.25, 0.3) is 0 Å². The van der Waals surface area contributed by atoms with Crippen molar-refractivity contribution < 1.29 is 26.3 Å². The summed E-state index contributed by atoms with van der Waals surface area (Å²) in [6, 6.07) is 2.47. The lowest BCUT2D eigenvalue weighted by Gasteiger charge is -2.27. The number of sulfonamides is 1. The first-order valence-electron chi connectivity index (χ1n) is 6.68. The van der Waals surface area contributed by atoms with Crippen LogP contribution < -0.4 is 5.73 Å². The van der Waals surface area contributed by atoms with Gasteiger partial charge in [-0.15, -0.1) is 0 Å². The molecule has 2 rings (SSSR count). The standard InChI is InChI=1S/C13H17F3N2O3S/c1-9(17)10-2-3-12(11(8-10)13(14,15)16)22(19,20)18-4-6-21-7-5-18/h2-3,8-9H,4-7,17H2,1H3. The van der Waals surface area contributed by atoms with Crippen molar-refractivity contribution in [3.05, 3.63) is 29.3 Å². The van der Waals surface area contributed by atoms with E-state index in [4.69, 9.17) is 10.5 Å². The molecule has 0 aromatic heterocycles. The van der Waals surface area contributed by atoms with Crippen molar-refractivity contribution in [2.24, 2.45) is 5.73 Å². The fraction of sp³-hybridized carbons (Fsp3) is 0.538. The lowest BCUT2D eigenvalue weighted by atomic mass is 10.1. The average Bonchev–Trinajstić information content (AvgIpc) is 2.46. The van der Waals surface area contributed by atoms with Crippen molar-refractivity contribution in [2.45, 2.75) is 24.0 Å². The summed E-state index contributed by atoms with van der Waals surface area (Å²) in [6.07, 6.45) is -4.78. The van der Waals surface area contributed by atoms with E-state index in [1.807, 2.05) is 0 Å². The van der Waals surface area contributed by atoms with Crippen LogP contribution in [0.1, 0.15) is 24.1 Å². The number of ether oxygens (including phenoxy) is 1. The van der Waals surface area contributed by atoms with Crippen molar-refractivity contribution in [1.82, 2.24) is 4.31 Å². The minimum Gasteiger partial charge on any atom is -0.379 e. The van der Waals surface area contributed by atoms with Gasteiger partial charge in [0, 0.05) is 19.1 Å². The lowest BCUT2D eigenvalue weighted by Crippen LogP contribution is -2.41. The summed E-state index contributed by atoms with van der Waals surface area (Å²) in [5, 5.41) is 0. The Bertz CT molecular complexity index is 638. The molecule has 0 aliphatic carbocycles. The summed E-state index contributed by atoms with van der Waals surface area (Å²) in [5.74, 6) is 0. The maximum atomic E-state index is 13.2. The Morgan fingerprint density at radius 3 is 2.36 bits per heavy atom. The predicted octanol–water partition coefficient (Wildman–Crippen LogP) is 1.75. The highest BCUT2D eigenvalue weighted by Gasteiger charge is 2.39. The van der Waals surface area contributed by atoms with E-state index >= 15 is 0 Å². The normalized spacial score (nSPS) is 19.1. The largest absolute Gasteiger partial charge is 0.417 e. The van der Waals surface area contributed by atoms with Crippen LogP contribution in [0.25, 0.3) is 0 Å². The van der Waals surface area contributed by atoms with Crippen LogP contribution in [-0.2, 0) is 20.9 Å². The van der Waals surface area contributed by atoms with Gasteiger partial charge in [0.05, 0.1) is 23.7 Å². The molecular weight excluding hydrogens is 321 g/mol. The number of hydrogen-bond donors (Lipinski definition) is 1. The molecule has 0 radical (unpaired) electrons. The van der Waals surface area contributed by atoms with Crippen LogP contribution >= 0.6 is 0 Å². The Hall–Kier alpha value is -1.16. The van der Waals surface area contributed by atoms with Crippen LogP contribution in [0, 0.1) is 0 Å². The average molecular weight is 338 g/mol. The molecule has 0 spiro atoms. The molecule has 1 aromatic rings. The number of nitrogens with zero attached hydrogens (tertiary/aromatic N) is 1. The summed E-state index contributed by atoms with van der Waals surface area (Å²) in [7, 11) is -4.23. The zero-order valence-electron chi connectivity index (χ0n) is 11.9. The highest BCUT2D eigenvalue weighted by molar-refractivity contribution is 7.89. The molecule has 1 fully saturated rings. The van der Waals surface area contributed by atoms with E-state index in [0.717, 1.165) is 16.4 Å². The van der Waals surface area contributed by atoms with Gasteiger partial charge in [-0.05, 0) is 24.6 Å². The third kappa shape index (κ3) is 3.43. The quantitative estimate of drug-likeness (QED) is 0.911. The highest BCUT2D eigenvalue weighted by Crippen LogP contribution is 2.36. The molecule has 5 nitrogen and oxygen atoms in total. The van der Waals surface area contributed by atoms with Gasteiger partial charge >= 0.3 is 6.18 Å². The second kappa shape index (κ2) is 6.15. The molecule has 1 heterocycles. The van der Waals surface area contributed by atoms with Gasteiger partial charge in [0.15, 0.2) is 0 Å². The van der Waals surface area contributed by atoms with Crippen molar-refractivity contribution in [2.75, 3.05) is 26.3 Å². The Morgan fingerprint density at radius 2 is 1.86 bits per heavy atom. The van der Waals surface area contributed by atoms with Crippen LogP contribution in [0.15, 0.2) is 23.1 Å². The molecule has 1 aliphatic heterocycles. The number of hydrogen-bond acceptors (Lipinski definition) is 4. The zero-order valence-corrected chi connectivity index (χ0v) is 12.7. The highest BCUT2D eigenvalue weighted by atomic mass is 32.2. The van der Waals surface area contributed by atoms with Crippen molar-refractivity contribution in [1.29, 1.82) is 0 Å². The van der Waals surface area contributed by atoms with Gasteiger partial charge in [0.2, 0.25) is 10.0 Å². The molecule has 1 aliphatic rings. The number of alkyl halides is 3. The first-order valence-corrected chi connectivity index (χ1v) is 8.12. The van der Waals surface area contributed by atoms with Gasteiger partial charge in [-0.3, -0.25) is 0 Å². The third-order valence-corrected chi connectivity index (χ3v) is 5.38. The van der Waals surface area contributed by atoms with Crippen LogP contribution in [0.5, 0.6) is 0 Å². The van der Waals surface area contributed by atoms with Crippen LogP contribution in [0.3, 0.4) is 0 Å². The molecule has 1 saturated heterocycles. The second-order valence-electron chi connectivity index (χ2n) is 5.06. The molecule has 1 unspecified atom stereocenters. The summed E-state index contributed by atoms with van der Waals surface area (Å²) in [4.78, 5) is -0.744. The van der Waals surface area contributed by atoms with Crippen molar-refractivity contribution in [3.63, 3.8) is 0 Å². The number of morpholine rings is 1. The predicted molar refractivity (Wildman–Crippen MR) is 73.6 cm³/mol. The van der Waals surface area contributed by atoms with Gasteiger partial charge in [-0.2, -0.15) is 17.5 Å². The van der Waals surface area contributed by atoms with E-state index in [1.165, 1.54) is 13.0 Å². The third-order valence-electron chi connectivity index (χ3n) is 3.42. The van der Waals surface area contributed by atoms with E-state index in [1.54, 1.807) is 0 Å². The Labute approximate surface area is 126 Å². The van der Waals surface area contributed by atoms with Crippen LogP contribution in [0.2, 0.25) is 0 Å². The van der Waals surface area contributed by atoms with Crippen molar-refractivity contribution >= 4 is 10.0 Å². The molecule has 0 saturated carbocycles. The Balaban J connectivity index is 2.54. The summed E-state index contributed by atoms with van der Waals surface area (Å²) in [5.41, 5.74) is 4.63. The fourth-order valence-electron chi connectivity index (χ4n) is 2.20. The van der Waals surface area contributed by atoms with E-state index in [2.05, 4.69) is 0 Å². The second-order valence-corrected chi connectivity index (χ2v) is 6.96. The van der Waals surface area contributed by atoms with Crippen molar-refractivity contribution in [3.8, 4) is 0 Å². The molecule has 1 aromatic carbocycles. The number of benzene rings is 1. The van der Waals surface area contributed by atoms with Crippen LogP contribution in [-0.4, -0.2) is 39.0 Å². The first kappa shape index (κ1) is 17.2. The number of halogens is 3. The first-order chi connectivity index (χ1) is 10.1. The monoisotopic (exact) mass is 338 g/mol. The molecule has 0 amide bonds. The molecular formula is C13H17F3N2O3S. The number of nitrogens with two attached hydrogens (primary N) is 1. The summed E-state index contributed by atoms with van der Waals surface area (Å²) >= 11 is 0. The fourth-order valence-corrected chi connectivity index (χ4v) is 3.80. The van der Waals surface area contributed by atoms with Crippen LogP contribution in [0.4, 0.5) is 13.2 Å². The molecule has 22 heavy (non-hydrogen) atoms.